The van der Waals surface area contributed by atoms with Gasteiger partial charge in [0.1, 0.15) is 11.4 Å². The largest absolute Gasteiger partial charge is 0.480 e. The number of carboxylic acid groups (broad SMARTS) is 1. The van der Waals surface area contributed by atoms with Crippen molar-refractivity contribution in [2.75, 3.05) is 0 Å². The summed E-state index contributed by atoms with van der Waals surface area (Å²) in [4.78, 5) is 17.3. The van der Waals surface area contributed by atoms with Crippen LogP contribution in [0, 0.1) is 0 Å². The number of fused-ring (bicyclic) bond motifs is 1. The number of unbranched alkanes of at least 4 members (excludes halogenated alkanes) is 1. The van der Waals surface area contributed by atoms with Crippen molar-refractivity contribution >= 4 is 17.6 Å². The number of aliphatic carboxylic acids is 1. The molecule has 1 unspecified atom stereocenters. The molecule has 4 rings (SSSR count). The van der Waals surface area contributed by atoms with Crippen LogP contribution in [-0.4, -0.2) is 26.2 Å². The number of aromatic nitrogens is 2. The maximum absolute atomic E-state index is 12.4. The van der Waals surface area contributed by atoms with Gasteiger partial charge in [-0.1, -0.05) is 80.4 Å². The number of carboxylic acids is 1. The number of aryl methyl sites for hydroxylation is 1. The molecular weight excluding hydrogens is 422 g/mol. The molecule has 0 amide bonds. The number of hydrogen-bond acceptors (Lipinski definition) is 3. The van der Waals surface area contributed by atoms with Gasteiger partial charge in [0.25, 0.3) is 0 Å². The summed E-state index contributed by atoms with van der Waals surface area (Å²) in [5, 5.41) is 14.4. The summed E-state index contributed by atoms with van der Waals surface area (Å²) in [6.45, 7) is 4.74. The van der Waals surface area contributed by atoms with E-state index in [1.165, 1.54) is 0 Å². The summed E-state index contributed by atoms with van der Waals surface area (Å²) >= 11 is 6.44. The van der Waals surface area contributed by atoms with Crippen molar-refractivity contribution in [1.29, 1.82) is 0 Å². The second kappa shape index (κ2) is 9.47. The Kier molecular flexibility index (Phi) is 6.68. The Labute approximate surface area is 194 Å². The lowest BCUT2D eigenvalue weighted by atomic mass is 9.88. The summed E-state index contributed by atoms with van der Waals surface area (Å²) < 4.78 is 2.23. The van der Waals surface area contributed by atoms with Crippen molar-refractivity contribution in [1.82, 2.24) is 14.9 Å². The lowest BCUT2D eigenvalue weighted by molar-refractivity contribution is -0.145. The van der Waals surface area contributed by atoms with Crippen LogP contribution < -0.4 is 5.32 Å². The van der Waals surface area contributed by atoms with Gasteiger partial charge >= 0.3 is 5.97 Å². The van der Waals surface area contributed by atoms with Crippen LogP contribution in [-0.2, 0) is 24.2 Å². The molecule has 2 aromatic carbocycles. The quantitative estimate of drug-likeness (QED) is 0.410. The first-order valence-electron chi connectivity index (χ1n) is 11.4. The number of nitrogens with one attached hydrogen (secondary N) is 1. The number of rotatable bonds is 11. The molecule has 5 nitrogen and oxygen atoms in total. The van der Waals surface area contributed by atoms with E-state index in [0.29, 0.717) is 19.4 Å². The Bertz CT molecular complexity index is 1100. The fourth-order valence-electron chi connectivity index (χ4n) is 4.38. The highest BCUT2D eigenvalue weighted by Gasteiger charge is 2.48. The molecule has 1 aliphatic carbocycles. The predicted octanol–water partition coefficient (Wildman–Crippen LogP) is 5.40. The molecule has 0 saturated carbocycles. The monoisotopic (exact) mass is 451 g/mol. The topological polar surface area (TPSA) is 67.2 Å². The highest BCUT2D eigenvalue weighted by atomic mass is 35.5. The van der Waals surface area contributed by atoms with Gasteiger partial charge in [0.15, 0.2) is 0 Å². The van der Waals surface area contributed by atoms with Crippen LogP contribution in [0.2, 0.25) is 5.02 Å². The van der Waals surface area contributed by atoms with Crippen LogP contribution in [0.1, 0.15) is 67.5 Å². The molecular formula is C26H30ClN3O2. The second-order valence-corrected chi connectivity index (χ2v) is 8.97. The lowest BCUT2D eigenvalue weighted by Gasteiger charge is -2.30. The molecule has 3 aromatic rings. The molecule has 32 heavy (non-hydrogen) atoms. The summed E-state index contributed by atoms with van der Waals surface area (Å²) in [6.07, 6.45) is 3.97. The van der Waals surface area contributed by atoms with Gasteiger partial charge < -0.3 is 9.67 Å². The molecule has 1 aromatic heterocycles. The third-order valence-corrected chi connectivity index (χ3v) is 6.77. The minimum Gasteiger partial charge on any atom is -0.480 e. The summed E-state index contributed by atoms with van der Waals surface area (Å²) in [6, 6.07) is 17.5. The predicted molar refractivity (Wildman–Crippen MR) is 127 cm³/mol. The van der Waals surface area contributed by atoms with Gasteiger partial charge in [0, 0.05) is 17.9 Å². The Morgan fingerprint density at radius 2 is 1.88 bits per heavy atom. The maximum Gasteiger partial charge on any atom is 0.324 e. The van der Waals surface area contributed by atoms with Crippen molar-refractivity contribution in [2.45, 2.75) is 64.1 Å². The first-order chi connectivity index (χ1) is 15.5. The van der Waals surface area contributed by atoms with Crippen molar-refractivity contribution in [3.63, 3.8) is 0 Å². The summed E-state index contributed by atoms with van der Waals surface area (Å²) in [5.74, 6) is 0.221. The molecule has 0 aliphatic heterocycles. The van der Waals surface area contributed by atoms with E-state index in [1.807, 2.05) is 61.5 Å². The Morgan fingerprint density at radius 1 is 1.16 bits per heavy atom. The van der Waals surface area contributed by atoms with E-state index < -0.39 is 11.5 Å². The number of benzene rings is 2. The van der Waals surface area contributed by atoms with E-state index in [9.17, 15) is 9.90 Å². The maximum atomic E-state index is 12.4. The van der Waals surface area contributed by atoms with Crippen molar-refractivity contribution in [3.8, 4) is 0 Å². The molecule has 0 saturated heterocycles. The molecule has 6 heteroatoms. The molecule has 0 fully saturated rings. The molecule has 1 heterocycles. The average Bonchev–Trinajstić information content (AvgIpc) is 3.33. The van der Waals surface area contributed by atoms with Crippen LogP contribution >= 0.6 is 11.6 Å². The molecule has 2 atom stereocenters. The number of nitrogens with zero attached hydrogens (tertiary/aromatic N) is 2. The molecule has 0 bridgehead atoms. The van der Waals surface area contributed by atoms with Crippen LogP contribution in [0.25, 0.3) is 0 Å². The van der Waals surface area contributed by atoms with E-state index in [1.54, 1.807) is 0 Å². The van der Waals surface area contributed by atoms with E-state index >= 15 is 0 Å². The zero-order valence-corrected chi connectivity index (χ0v) is 19.4. The SMILES string of the molecule is CCCCc1nc2c(n1Cc1ccccc1Cl)C2N[C@@](CC)(Cc1ccccc1)C(=O)O. The van der Waals surface area contributed by atoms with E-state index in [-0.39, 0.29) is 6.04 Å². The van der Waals surface area contributed by atoms with E-state index in [2.05, 4.69) is 16.8 Å². The van der Waals surface area contributed by atoms with Crippen LogP contribution in [0.5, 0.6) is 0 Å². The average molecular weight is 452 g/mol. The molecule has 1 aliphatic rings. The first-order valence-corrected chi connectivity index (χ1v) is 11.7. The second-order valence-electron chi connectivity index (χ2n) is 8.56. The molecule has 2 N–H and O–H groups in total. The van der Waals surface area contributed by atoms with Gasteiger partial charge in [-0.05, 0) is 30.0 Å². The molecule has 0 spiro atoms. The third kappa shape index (κ3) is 4.45. The van der Waals surface area contributed by atoms with Crippen LogP contribution in [0.15, 0.2) is 54.6 Å². The van der Waals surface area contributed by atoms with E-state index in [4.69, 9.17) is 16.6 Å². The standard InChI is InChI=1S/C26H30ClN3O2/c1-3-5-15-21-28-22-23(24(22)30(21)17-19-13-9-10-14-20(19)27)29-26(4-2,25(31)32)16-18-11-7-6-8-12-18/h6-14,23,29H,3-5,15-17H2,1-2H3,(H,31,32)/t23?,26-/m0/s1. The van der Waals surface area contributed by atoms with Gasteiger partial charge in [-0.15, -0.1) is 0 Å². The van der Waals surface area contributed by atoms with Gasteiger partial charge in [0.05, 0.1) is 24.0 Å². The number of imidazole rings is 1. The third-order valence-electron chi connectivity index (χ3n) is 6.40. The lowest BCUT2D eigenvalue weighted by Crippen LogP contribution is -2.53. The Balaban J connectivity index is 1.61. The molecule has 0 radical (unpaired) electrons. The Hall–Kier alpha value is -2.63. The number of carbonyl (C=O) groups is 1. The van der Waals surface area contributed by atoms with Crippen LogP contribution in [0.3, 0.4) is 0 Å². The zero-order valence-electron chi connectivity index (χ0n) is 18.6. The van der Waals surface area contributed by atoms with Gasteiger partial charge in [0.2, 0.25) is 0 Å². The number of hydrogen-bond donors (Lipinski definition) is 2. The van der Waals surface area contributed by atoms with Crippen molar-refractivity contribution < 1.29 is 9.90 Å². The van der Waals surface area contributed by atoms with E-state index in [0.717, 1.165) is 52.6 Å². The fraction of sp³-hybridized carbons (Fsp3) is 0.385. The van der Waals surface area contributed by atoms with Crippen molar-refractivity contribution in [2.24, 2.45) is 0 Å². The van der Waals surface area contributed by atoms with Crippen molar-refractivity contribution in [3.05, 3.63) is 88.0 Å². The Morgan fingerprint density at radius 3 is 2.53 bits per heavy atom. The van der Waals surface area contributed by atoms with Gasteiger partial charge in [-0.3, -0.25) is 10.1 Å². The minimum absolute atomic E-state index is 0.136. The van der Waals surface area contributed by atoms with Gasteiger partial charge in [-0.25, -0.2) is 4.98 Å². The van der Waals surface area contributed by atoms with Crippen LogP contribution in [0.4, 0.5) is 0 Å². The fourth-order valence-corrected chi connectivity index (χ4v) is 4.57. The summed E-state index contributed by atoms with van der Waals surface area (Å²) in [5.41, 5.74) is 3.05. The smallest absolute Gasteiger partial charge is 0.324 e. The molecule has 168 valence electrons. The zero-order chi connectivity index (χ0) is 22.7. The number of halogens is 1. The minimum atomic E-state index is -1.05. The first kappa shape index (κ1) is 22.6. The summed E-state index contributed by atoms with van der Waals surface area (Å²) in [7, 11) is 0. The highest BCUT2D eigenvalue weighted by molar-refractivity contribution is 6.31. The highest BCUT2D eigenvalue weighted by Crippen LogP contribution is 2.44. The van der Waals surface area contributed by atoms with Gasteiger partial charge in [-0.2, -0.15) is 0 Å². The normalized spacial score (nSPS) is 16.4.